The third kappa shape index (κ3) is 5.81. The first-order chi connectivity index (χ1) is 21.6. The van der Waals surface area contributed by atoms with Crippen LogP contribution in [0.25, 0.3) is 22.6 Å². The second-order valence-corrected chi connectivity index (χ2v) is 16.4. The van der Waals surface area contributed by atoms with Crippen LogP contribution in [0.2, 0.25) is 0 Å². The van der Waals surface area contributed by atoms with Crippen molar-refractivity contribution in [3.05, 3.63) is 75.8 Å². The number of benzene rings is 2. The van der Waals surface area contributed by atoms with Gasteiger partial charge in [-0.2, -0.15) is 5.10 Å². The summed E-state index contributed by atoms with van der Waals surface area (Å²) in [6.45, 7) is 15.4. The summed E-state index contributed by atoms with van der Waals surface area (Å²) in [5.41, 5.74) is 3.60. The number of anilines is 1. The van der Waals surface area contributed by atoms with Crippen molar-refractivity contribution in [1.82, 2.24) is 23.8 Å². The number of carbonyl (C=O) groups excluding carboxylic acids is 1. The van der Waals surface area contributed by atoms with Gasteiger partial charge in [0.05, 0.1) is 24.0 Å². The van der Waals surface area contributed by atoms with Crippen LogP contribution in [0, 0.1) is 19.7 Å². The van der Waals surface area contributed by atoms with Gasteiger partial charge in [-0.15, -0.1) is 0 Å². The van der Waals surface area contributed by atoms with Crippen molar-refractivity contribution in [2.75, 3.05) is 31.2 Å². The van der Waals surface area contributed by atoms with E-state index in [0.717, 1.165) is 5.30 Å². The zero-order valence-electron chi connectivity index (χ0n) is 28.1. The number of fused-ring (bicyclic) bond motifs is 1. The van der Waals surface area contributed by atoms with Crippen molar-refractivity contribution in [1.29, 1.82) is 0 Å². The molecule has 46 heavy (non-hydrogen) atoms. The first-order valence-corrected chi connectivity index (χ1v) is 17.8. The highest BCUT2D eigenvalue weighted by Crippen LogP contribution is 2.46. The van der Waals surface area contributed by atoms with Crippen LogP contribution >= 0.6 is 7.14 Å². The van der Waals surface area contributed by atoms with E-state index in [2.05, 4.69) is 5.32 Å². The van der Waals surface area contributed by atoms with Crippen LogP contribution in [0.3, 0.4) is 0 Å². The van der Waals surface area contributed by atoms with E-state index in [4.69, 9.17) is 9.84 Å². The number of halogens is 1. The third-order valence-electron chi connectivity index (χ3n) is 8.73. The SMILES string of the molecule is CCP(=O)(CC)c1ccc(-n2ccn(-c3c(-c4cc(C)c(F)c(C)c4)nn4c3C(C)N(C(=O)OC(C)(C)C)CC4)c2=O)cc1NC. The van der Waals surface area contributed by atoms with Gasteiger partial charge in [0.25, 0.3) is 0 Å². The summed E-state index contributed by atoms with van der Waals surface area (Å²) in [6.07, 6.45) is 4.01. The third-order valence-corrected chi connectivity index (χ3v) is 12.0. The van der Waals surface area contributed by atoms with E-state index in [1.807, 2.05) is 64.4 Å². The largest absolute Gasteiger partial charge is 0.444 e. The van der Waals surface area contributed by atoms with Gasteiger partial charge in [-0.05, 0) is 83.0 Å². The van der Waals surface area contributed by atoms with E-state index < -0.39 is 24.9 Å². The van der Waals surface area contributed by atoms with Crippen LogP contribution in [0.4, 0.5) is 14.9 Å². The minimum absolute atomic E-state index is 0.290. The summed E-state index contributed by atoms with van der Waals surface area (Å²) in [7, 11) is -0.801. The zero-order valence-corrected chi connectivity index (χ0v) is 29.0. The van der Waals surface area contributed by atoms with E-state index in [1.165, 1.54) is 9.13 Å². The maximum atomic E-state index is 14.7. The van der Waals surface area contributed by atoms with E-state index in [9.17, 15) is 18.5 Å². The average Bonchev–Trinajstić information content (AvgIpc) is 3.58. The van der Waals surface area contributed by atoms with Crippen LogP contribution in [0.1, 0.15) is 64.4 Å². The molecule has 0 fully saturated rings. The summed E-state index contributed by atoms with van der Waals surface area (Å²) < 4.78 is 38.9. The number of hydrogen-bond acceptors (Lipinski definition) is 6. The lowest BCUT2D eigenvalue weighted by molar-refractivity contribution is 0.0120. The molecule has 0 bridgehead atoms. The number of carbonyl (C=O) groups is 1. The number of imidazole rings is 1. The molecule has 10 nitrogen and oxygen atoms in total. The second-order valence-electron chi connectivity index (χ2n) is 12.9. The molecule has 1 aliphatic heterocycles. The molecule has 0 spiro atoms. The Hall–Kier alpha value is -4.11. The molecule has 3 heterocycles. The Kier molecular flexibility index (Phi) is 8.85. The lowest BCUT2D eigenvalue weighted by Gasteiger charge is -2.35. The first kappa shape index (κ1) is 33.3. The van der Waals surface area contributed by atoms with E-state index in [-0.39, 0.29) is 11.5 Å². The van der Waals surface area contributed by atoms with Crippen molar-refractivity contribution in [3.8, 4) is 22.6 Å². The fourth-order valence-corrected chi connectivity index (χ4v) is 8.31. The van der Waals surface area contributed by atoms with Crippen LogP contribution in [0.15, 0.2) is 47.5 Å². The lowest BCUT2D eigenvalue weighted by atomic mass is 10.0. The van der Waals surface area contributed by atoms with Gasteiger partial charge in [0.2, 0.25) is 0 Å². The number of nitrogens with one attached hydrogen (secondary N) is 1. The highest BCUT2D eigenvalue weighted by atomic mass is 31.2. The maximum absolute atomic E-state index is 14.7. The van der Waals surface area contributed by atoms with Crippen molar-refractivity contribution in [2.24, 2.45) is 0 Å². The quantitative estimate of drug-likeness (QED) is 0.225. The van der Waals surface area contributed by atoms with Crippen molar-refractivity contribution >= 4 is 24.2 Å². The summed E-state index contributed by atoms with van der Waals surface area (Å²) >= 11 is 0. The fraction of sp³-hybridized carbons (Fsp3) is 0.441. The van der Waals surface area contributed by atoms with Crippen LogP contribution in [-0.2, 0) is 15.8 Å². The highest BCUT2D eigenvalue weighted by molar-refractivity contribution is 7.71. The van der Waals surface area contributed by atoms with E-state index in [0.29, 0.717) is 70.6 Å². The minimum Gasteiger partial charge on any atom is -0.444 e. The molecule has 1 aliphatic rings. The molecule has 1 N–H and O–H groups in total. The number of rotatable bonds is 7. The standard InChI is InChI=1S/C34H44FN6O4P/c1-10-46(44,11-2)27-13-12-25(20-26(27)36-9)39-14-15-40(32(39)42)31-29(24-18-21(3)28(35)22(4)19-24)37-41-17-16-38(23(5)30(31)41)33(43)45-34(6,7)8/h12-15,18-20,23,36H,10-11,16-17H2,1-9H3. The van der Waals surface area contributed by atoms with Crippen LogP contribution in [0.5, 0.6) is 0 Å². The topological polar surface area (TPSA) is 103 Å². The molecule has 12 heteroatoms. The number of aryl methyl sites for hydroxylation is 2. The predicted molar refractivity (Wildman–Crippen MR) is 181 cm³/mol. The van der Waals surface area contributed by atoms with Gasteiger partial charge in [-0.3, -0.25) is 18.7 Å². The number of aromatic nitrogens is 4. The van der Waals surface area contributed by atoms with Gasteiger partial charge < -0.3 is 14.6 Å². The maximum Gasteiger partial charge on any atom is 0.410 e. The Bertz CT molecular complexity index is 1890. The highest BCUT2D eigenvalue weighted by Gasteiger charge is 2.37. The molecule has 0 aliphatic carbocycles. The Labute approximate surface area is 269 Å². The molecule has 5 rings (SSSR count). The van der Waals surface area contributed by atoms with Crippen LogP contribution in [-0.4, -0.2) is 61.4 Å². The number of nitrogens with zero attached hydrogens (tertiary/aromatic N) is 5. The number of amides is 1. The normalized spacial score (nSPS) is 15.2. The number of ether oxygens (including phenoxy) is 1. The molecule has 0 radical (unpaired) electrons. The van der Waals surface area contributed by atoms with Crippen LogP contribution < -0.4 is 16.3 Å². The predicted octanol–water partition coefficient (Wildman–Crippen LogP) is 6.63. The average molecular weight is 651 g/mol. The minimum atomic E-state index is -2.58. The smallest absolute Gasteiger partial charge is 0.410 e. The summed E-state index contributed by atoms with van der Waals surface area (Å²) in [5.74, 6) is -0.290. The Balaban J connectivity index is 1.70. The summed E-state index contributed by atoms with van der Waals surface area (Å²) in [4.78, 5) is 29.2. The van der Waals surface area contributed by atoms with Crippen molar-refractivity contribution in [3.63, 3.8) is 0 Å². The summed E-state index contributed by atoms with van der Waals surface area (Å²) in [6, 6.07) is 8.48. The molecular weight excluding hydrogens is 606 g/mol. The molecule has 2 aromatic heterocycles. The molecule has 1 amide bonds. The molecule has 0 saturated heterocycles. The molecule has 2 aromatic carbocycles. The zero-order chi connectivity index (χ0) is 33.7. The van der Waals surface area contributed by atoms with E-state index >= 15 is 0 Å². The van der Waals surface area contributed by atoms with Gasteiger partial charge in [-0.1, -0.05) is 13.8 Å². The van der Waals surface area contributed by atoms with Gasteiger partial charge in [0.15, 0.2) is 0 Å². The fourth-order valence-electron chi connectivity index (χ4n) is 6.22. The Morgan fingerprint density at radius 3 is 2.28 bits per heavy atom. The lowest BCUT2D eigenvalue weighted by Crippen LogP contribution is -2.44. The molecule has 246 valence electrons. The Morgan fingerprint density at radius 2 is 1.70 bits per heavy atom. The first-order valence-electron chi connectivity index (χ1n) is 15.7. The molecular formula is C34H44FN6O4P. The van der Waals surface area contributed by atoms with Gasteiger partial charge in [0, 0.05) is 54.9 Å². The van der Waals surface area contributed by atoms with Gasteiger partial charge in [-0.25, -0.2) is 14.0 Å². The molecule has 1 atom stereocenters. The molecule has 4 aromatic rings. The van der Waals surface area contributed by atoms with Gasteiger partial charge >= 0.3 is 11.8 Å². The van der Waals surface area contributed by atoms with Crippen molar-refractivity contribution in [2.45, 2.75) is 73.6 Å². The Morgan fingerprint density at radius 1 is 1.07 bits per heavy atom. The summed E-state index contributed by atoms with van der Waals surface area (Å²) in [5, 5.41) is 8.88. The molecule has 1 unspecified atom stereocenters. The van der Waals surface area contributed by atoms with Gasteiger partial charge in [0.1, 0.15) is 29.9 Å². The van der Waals surface area contributed by atoms with Crippen molar-refractivity contribution < 1.29 is 18.5 Å². The second kappa shape index (κ2) is 12.2. The molecule has 0 saturated carbocycles. The number of hydrogen-bond donors (Lipinski definition) is 1. The monoisotopic (exact) mass is 650 g/mol. The van der Waals surface area contributed by atoms with E-state index in [1.54, 1.807) is 50.3 Å².